The number of benzene rings is 2. The maximum Gasteiger partial charge on any atom is 0.336 e. The summed E-state index contributed by atoms with van der Waals surface area (Å²) >= 11 is 0. The maximum atomic E-state index is 10.8. The predicted octanol–water partition coefficient (Wildman–Crippen LogP) is 3.62. The molecular weight excluding hydrogens is 483 g/mol. The van der Waals surface area contributed by atoms with Gasteiger partial charge in [0, 0.05) is 26.2 Å². The molecule has 0 aliphatic carbocycles. The van der Waals surface area contributed by atoms with Gasteiger partial charge < -0.3 is 20.4 Å². The Kier molecular flexibility index (Phi) is 11.7. The van der Waals surface area contributed by atoms with E-state index in [1.54, 1.807) is 24.3 Å². The van der Waals surface area contributed by atoms with Crippen molar-refractivity contribution in [2.75, 3.05) is 0 Å². The van der Waals surface area contributed by atoms with Crippen LogP contribution in [0.3, 0.4) is 0 Å². The predicted molar refractivity (Wildman–Crippen MR) is 109 cm³/mol. The summed E-state index contributed by atoms with van der Waals surface area (Å²) in [5.74, 6) is -4.95. The van der Waals surface area contributed by atoms with Crippen LogP contribution in [-0.4, -0.2) is 44.3 Å². The first kappa shape index (κ1) is 27.7. The van der Waals surface area contributed by atoms with Crippen LogP contribution in [0.1, 0.15) is 52.6 Å². The van der Waals surface area contributed by atoms with Crippen LogP contribution in [-0.2, 0) is 39.0 Å². The van der Waals surface area contributed by atoms with Gasteiger partial charge in [-0.1, -0.05) is 24.3 Å². The summed E-state index contributed by atoms with van der Waals surface area (Å²) in [7, 11) is 0. The van der Waals surface area contributed by atoms with Crippen molar-refractivity contribution in [2.24, 2.45) is 0 Å². The van der Waals surface area contributed by atoms with Crippen molar-refractivity contribution in [3.8, 4) is 0 Å². The average Bonchev–Trinajstić information content (AvgIpc) is 2.68. The third-order valence-corrected chi connectivity index (χ3v) is 3.85. The third-order valence-electron chi connectivity index (χ3n) is 3.85. The summed E-state index contributed by atoms with van der Waals surface area (Å²) in [6.45, 7) is 7.05. The molecule has 4 N–H and O–H groups in total. The number of carbonyl (C=O) groups is 4. The second kappa shape index (κ2) is 13.1. The molecule has 0 aliphatic heterocycles. The largest absolute Gasteiger partial charge is 0.478 e. The summed E-state index contributed by atoms with van der Waals surface area (Å²) in [5.41, 5.74) is 0.675. The number of carboxylic acid groups (broad SMARTS) is 4. The SMILES string of the molecule is C=CCc1ccc(C(=O)O)c(C(=O)O)c1.C=CCc1ccc(C(=O)O)c(C(=O)O)c1.[Zr]. The van der Waals surface area contributed by atoms with Gasteiger partial charge in [0.05, 0.1) is 22.3 Å². The number of aromatic carboxylic acids is 4. The smallest absolute Gasteiger partial charge is 0.336 e. The Morgan fingerprint density at radius 3 is 1.13 bits per heavy atom. The van der Waals surface area contributed by atoms with Crippen molar-refractivity contribution in [1.29, 1.82) is 0 Å². The maximum absolute atomic E-state index is 10.8. The van der Waals surface area contributed by atoms with E-state index in [0.717, 1.165) is 11.1 Å². The van der Waals surface area contributed by atoms with Gasteiger partial charge in [0.15, 0.2) is 0 Å². The molecule has 0 saturated carbocycles. The van der Waals surface area contributed by atoms with Crippen molar-refractivity contribution in [3.05, 3.63) is 95.1 Å². The first-order valence-corrected chi connectivity index (χ1v) is 8.53. The van der Waals surface area contributed by atoms with Gasteiger partial charge in [0.1, 0.15) is 0 Å². The summed E-state index contributed by atoms with van der Waals surface area (Å²) < 4.78 is 0. The summed E-state index contributed by atoms with van der Waals surface area (Å²) in [4.78, 5) is 43.0. The number of hydrogen-bond donors (Lipinski definition) is 4. The summed E-state index contributed by atoms with van der Waals surface area (Å²) in [5, 5.41) is 35.1. The minimum atomic E-state index is -1.24. The Bertz CT molecular complexity index is 929. The fraction of sp³-hybridized carbons (Fsp3) is 0.0909. The van der Waals surface area contributed by atoms with E-state index >= 15 is 0 Å². The van der Waals surface area contributed by atoms with Gasteiger partial charge >= 0.3 is 23.9 Å². The molecule has 9 heteroatoms. The Morgan fingerprint density at radius 2 is 0.903 bits per heavy atom. The van der Waals surface area contributed by atoms with Crippen molar-refractivity contribution in [1.82, 2.24) is 0 Å². The van der Waals surface area contributed by atoms with Crippen LogP contribution in [0.2, 0.25) is 0 Å². The first-order chi connectivity index (χ1) is 14.1. The molecule has 8 nitrogen and oxygen atoms in total. The van der Waals surface area contributed by atoms with Gasteiger partial charge in [-0.2, -0.15) is 0 Å². The number of hydrogen-bond acceptors (Lipinski definition) is 4. The topological polar surface area (TPSA) is 149 Å². The van der Waals surface area contributed by atoms with Gasteiger partial charge in [0.25, 0.3) is 0 Å². The number of carboxylic acids is 4. The molecule has 2 aromatic carbocycles. The van der Waals surface area contributed by atoms with Gasteiger partial charge in [-0.15, -0.1) is 13.2 Å². The molecule has 0 amide bonds. The van der Waals surface area contributed by atoms with E-state index in [1.807, 2.05) is 0 Å². The van der Waals surface area contributed by atoms with E-state index < -0.39 is 23.9 Å². The van der Waals surface area contributed by atoms with Gasteiger partial charge in [-0.3, -0.25) is 0 Å². The minimum absolute atomic E-state index is 0. The molecule has 0 radical (unpaired) electrons. The van der Waals surface area contributed by atoms with E-state index in [1.165, 1.54) is 24.3 Å². The molecule has 2 rings (SSSR count). The van der Waals surface area contributed by atoms with E-state index in [0.29, 0.717) is 12.8 Å². The summed E-state index contributed by atoms with van der Waals surface area (Å²) in [6, 6.07) is 8.46. The molecule has 160 valence electrons. The molecule has 2 aromatic rings. The van der Waals surface area contributed by atoms with Crippen molar-refractivity contribution in [2.45, 2.75) is 12.8 Å². The average molecular weight is 504 g/mol. The van der Waals surface area contributed by atoms with E-state index in [4.69, 9.17) is 20.4 Å². The zero-order chi connectivity index (χ0) is 22.8. The second-order valence-electron chi connectivity index (χ2n) is 5.97. The van der Waals surface area contributed by atoms with Crippen LogP contribution in [0.15, 0.2) is 61.7 Å². The summed E-state index contributed by atoms with van der Waals surface area (Å²) in [6.07, 6.45) is 4.28. The normalized spacial score (nSPS) is 9.29. The van der Waals surface area contributed by atoms with Crippen LogP contribution in [0, 0.1) is 0 Å². The molecular formula is C22H20O8Zr. The fourth-order valence-electron chi connectivity index (χ4n) is 2.50. The Hall–Kier alpha value is -3.32. The number of allylic oxidation sites excluding steroid dienone is 2. The zero-order valence-corrected chi connectivity index (χ0v) is 18.8. The Morgan fingerprint density at radius 1 is 0.613 bits per heavy atom. The zero-order valence-electron chi connectivity index (χ0n) is 16.4. The van der Waals surface area contributed by atoms with Crippen LogP contribution in [0.4, 0.5) is 0 Å². The first-order valence-electron chi connectivity index (χ1n) is 8.53. The molecule has 0 heterocycles. The molecule has 0 saturated heterocycles. The monoisotopic (exact) mass is 502 g/mol. The Labute approximate surface area is 197 Å². The quantitative estimate of drug-likeness (QED) is 0.399. The molecule has 0 spiro atoms. The van der Waals surface area contributed by atoms with Gasteiger partial charge in [-0.05, 0) is 48.2 Å². The molecule has 0 atom stereocenters. The standard InChI is InChI=1S/2C11H10O4.Zr/c2*1-2-3-7-4-5-8(10(12)13)9(6-7)11(14)15;/h2*2,4-6H,1,3H2,(H,12,13)(H,14,15);. The molecule has 31 heavy (non-hydrogen) atoms. The molecule has 0 unspecified atom stereocenters. The van der Waals surface area contributed by atoms with E-state index in [2.05, 4.69) is 13.2 Å². The van der Waals surface area contributed by atoms with Crippen LogP contribution >= 0.6 is 0 Å². The molecule has 0 bridgehead atoms. The number of rotatable bonds is 8. The van der Waals surface area contributed by atoms with Crippen molar-refractivity contribution in [3.63, 3.8) is 0 Å². The minimum Gasteiger partial charge on any atom is -0.478 e. The van der Waals surface area contributed by atoms with Crippen LogP contribution < -0.4 is 0 Å². The molecule has 0 fully saturated rings. The Balaban J connectivity index is 0.000000562. The van der Waals surface area contributed by atoms with E-state index in [-0.39, 0.29) is 48.5 Å². The van der Waals surface area contributed by atoms with Crippen molar-refractivity contribution >= 4 is 23.9 Å². The molecule has 0 aromatic heterocycles. The third kappa shape index (κ3) is 8.14. The van der Waals surface area contributed by atoms with Crippen LogP contribution in [0.5, 0.6) is 0 Å². The van der Waals surface area contributed by atoms with Crippen LogP contribution in [0.25, 0.3) is 0 Å². The van der Waals surface area contributed by atoms with Crippen molar-refractivity contribution < 1.29 is 65.8 Å². The van der Waals surface area contributed by atoms with E-state index in [9.17, 15) is 19.2 Å². The van der Waals surface area contributed by atoms with Gasteiger partial charge in [-0.25, -0.2) is 19.2 Å². The molecule has 0 aliphatic rings. The van der Waals surface area contributed by atoms with Gasteiger partial charge in [0.2, 0.25) is 0 Å². The fourth-order valence-corrected chi connectivity index (χ4v) is 2.50. The second-order valence-corrected chi connectivity index (χ2v) is 5.97.